The first-order valence-electron chi connectivity index (χ1n) is 9.28. The van der Waals surface area contributed by atoms with Crippen LogP contribution in [0.15, 0.2) is 30.7 Å². The van der Waals surface area contributed by atoms with Crippen LogP contribution in [0.4, 0.5) is 0 Å². The van der Waals surface area contributed by atoms with E-state index in [1.807, 2.05) is 40.7 Å². The Hall–Kier alpha value is -3.01. The van der Waals surface area contributed by atoms with Gasteiger partial charge in [0.1, 0.15) is 29.4 Å². The van der Waals surface area contributed by atoms with Crippen molar-refractivity contribution in [1.29, 1.82) is 5.26 Å². The summed E-state index contributed by atoms with van der Waals surface area (Å²) in [7, 11) is 0. The highest BCUT2D eigenvalue weighted by atomic mass is 16.6. The van der Waals surface area contributed by atoms with Gasteiger partial charge in [-0.05, 0) is 45.7 Å². The molecule has 0 aromatic carbocycles. The number of carbonyl (C=O) groups excluding carboxylic acids is 1. The van der Waals surface area contributed by atoms with Gasteiger partial charge in [0.25, 0.3) is 0 Å². The first-order chi connectivity index (χ1) is 13.2. The summed E-state index contributed by atoms with van der Waals surface area (Å²) in [4.78, 5) is 25.3. The van der Waals surface area contributed by atoms with Crippen LogP contribution in [0.3, 0.4) is 0 Å². The van der Waals surface area contributed by atoms with E-state index in [9.17, 15) is 4.79 Å². The van der Waals surface area contributed by atoms with Gasteiger partial charge >= 0.3 is 5.97 Å². The van der Waals surface area contributed by atoms with Crippen molar-refractivity contribution < 1.29 is 14.3 Å². The first-order valence-corrected chi connectivity index (χ1v) is 9.28. The lowest BCUT2D eigenvalue weighted by molar-refractivity contribution is -0.170. The molecule has 0 aliphatic rings. The maximum absolute atomic E-state index is 12.7. The molecule has 0 amide bonds. The van der Waals surface area contributed by atoms with Crippen LogP contribution in [-0.2, 0) is 9.53 Å². The van der Waals surface area contributed by atoms with E-state index < -0.39 is 11.0 Å². The Labute approximate surface area is 165 Å². The topological polar surface area (TPSA) is 98.0 Å². The van der Waals surface area contributed by atoms with E-state index in [1.165, 1.54) is 6.20 Å². The summed E-state index contributed by atoms with van der Waals surface area (Å²) in [6, 6.07) is 5.36. The minimum Gasteiger partial charge on any atom is -0.475 e. The standard InChI is InChI=1S/C21H26N4O3/c1-6-21(7-2,19(26)28-20(3,4)5)14-27-18-13-24-17(12-25-18)15-8-9-16(10-22)23-11-15/h8-9,11-13H,6-7,14H2,1-5H3. The molecule has 2 rings (SSSR count). The van der Waals surface area contributed by atoms with Crippen molar-refractivity contribution in [3.8, 4) is 23.2 Å². The van der Waals surface area contributed by atoms with Gasteiger partial charge in [-0.3, -0.25) is 4.79 Å². The van der Waals surface area contributed by atoms with Gasteiger partial charge in [0.2, 0.25) is 5.88 Å². The molecule has 2 aromatic rings. The number of nitrogens with zero attached hydrogens (tertiary/aromatic N) is 4. The highest BCUT2D eigenvalue weighted by molar-refractivity contribution is 5.77. The Morgan fingerprint density at radius 2 is 1.79 bits per heavy atom. The molecule has 0 saturated carbocycles. The maximum atomic E-state index is 12.7. The van der Waals surface area contributed by atoms with Crippen LogP contribution >= 0.6 is 0 Å². The Morgan fingerprint density at radius 1 is 1.07 bits per heavy atom. The lowest BCUT2D eigenvalue weighted by Crippen LogP contribution is -2.41. The van der Waals surface area contributed by atoms with Gasteiger partial charge < -0.3 is 9.47 Å². The van der Waals surface area contributed by atoms with Crippen molar-refractivity contribution in [2.45, 2.75) is 53.1 Å². The number of rotatable bonds is 7. The van der Waals surface area contributed by atoms with Gasteiger partial charge in [-0.1, -0.05) is 13.8 Å². The summed E-state index contributed by atoms with van der Waals surface area (Å²) in [6.45, 7) is 9.62. The van der Waals surface area contributed by atoms with Crippen LogP contribution in [0.1, 0.15) is 53.2 Å². The SMILES string of the molecule is CCC(CC)(COc1cnc(-c2ccc(C#N)nc2)cn1)C(=O)OC(C)(C)C. The third kappa shape index (κ3) is 5.26. The predicted molar refractivity (Wildman–Crippen MR) is 104 cm³/mol. The smallest absolute Gasteiger partial charge is 0.316 e. The molecule has 7 nitrogen and oxygen atoms in total. The van der Waals surface area contributed by atoms with Crippen LogP contribution in [0.5, 0.6) is 5.88 Å². The quantitative estimate of drug-likeness (QED) is 0.669. The molecule has 2 heterocycles. The van der Waals surface area contributed by atoms with Crippen molar-refractivity contribution in [1.82, 2.24) is 15.0 Å². The molecule has 0 fully saturated rings. The zero-order chi connectivity index (χ0) is 20.8. The minimum absolute atomic E-state index is 0.168. The second kappa shape index (κ2) is 8.79. The number of pyridine rings is 1. The van der Waals surface area contributed by atoms with Crippen molar-refractivity contribution >= 4 is 5.97 Å². The Kier molecular flexibility index (Phi) is 6.68. The second-order valence-corrected chi connectivity index (χ2v) is 7.56. The first kappa shape index (κ1) is 21.3. The average molecular weight is 382 g/mol. The van der Waals surface area contributed by atoms with Crippen molar-refractivity contribution in [2.24, 2.45) is 5.41 Å². The summed E-state index contributed by atoms with van der Waals surface area (Å²) < 4.78 is 11.4. The van der Waals surface area contributed by atoms with E-state index in [1.54, 1.807) is 24.5 Å². The molecule has 0 aliphatic heterocycles. The summed E-state index contributed by atoms with van der Waals surface area (Å²) in [5.74, 6) is 0.0680. The zero-order valence-corrected chi connectivity index (χ0v) is 17.0. The predicted octanol–water partition coefficient (Wildman–Crippen LogP) is 3.94. The van der Waals surface area contributed by atoms with E-state index >= 15 is 0 Å². The molecule has 148 valence electrons. The van der Waals surface area contributed by atoms with Gasteiger partial charge in [-0.15, -0.1) is 0 Å². The third-order valence-corrected chi connectivity index (χ3v) is 4.48. The fraction of sp³-hybridized carbons (Fsp3) is 0.476. The van der Waals surface area contributed by atoms with E-state index in [-0.39, 0.29) is 12.6 Å². The maximum Gasteiger partial charge on any atom is 0.316 e. The van der Waals surface area contributed by atoms with Crippen molar-refractivity contribution in [2.75, 3.05) is 6.61 Å². The van der Waals surface area contributed by atoms with Crippen LogP contribution < -0.4 is 4.74 Å². The number of hydrogen-bond donors (Lipinski definition) is 0. The molecule has 7 heteroatoms. The largest absolute Gasteiger partial charge is 0.475 e. The van der Waals surface area contributed by atoms with E-state index in [0.29, 0.717) is 30.1 Å². The van der Waals surface area contributed by atoms with Crippen LogP contribution in [0.2, 0.25) is 0 Å². The molecule has 0 atom stereocenters. The lowest BCUT2D eigenvalue weighted by atomic mass is 9.83. The molecule has 0 unspecified atom stereocenters. The Morgan fingerprint density at radius 3 is 2.25 bits per heavy atom. The number of aromatic nitrogens is 3. The molecule has 0 bridgehead atoms. The highest BCUT2D eigenvalue weighted by Crippen LogP contribution is 2.31. The summed E-state index contributed by atoms with van der Waals surface area (Å²) >= 11 is 0. The molecule has 2 aromatic heterocycles. The van der Waals surface area contributed by atoms with Gasteiger partial charge in [0.15, 0.2) is 0 Å². The highest BCUT2D eigenvalue weighted by Gasteiger charge is 2.39. The number of ether oxygens (including phenoxy) is 2. The van der Waals surface area contributed by atoms with E-state index in [4.69, 9.17) is 14.7 Å². The second-order valence-electron chi connectivity index (χ2n) is 7.56. The van der Waals surface area contributed by atoms with E-state index in [2.05, 4.69) is 15.0 Å². The zero-order valence-electron chi connectivity index (χ0n) is 17.0. The van der Waals surface area contributed by atoms with Crippen molar-refractivity contribution in [3.05, 3.63) is 36.4 Å². The molecule has 28 heavy (non-hydrogen) atoms. The number of carbonyl (C=O) groups is 1. The molecule has 0 N–H and O–H groups in total. The van der Waals surface area contributed by atoms with Gasteiger partial charge in [0.05, 0.1) is 18.1 Å². The van der Waals surface area contributed by atoms with Crippen LogP contribution in [-0.4, -0.2) is 33.1 Å². The summed E-state index contributed by atoms with van der Waals surface area (Å²) in [6.07, 6.45) is 5.86. The van der Waals surface area contributed by atoms with Gasteiger partial charge in [-0.25, -0.2) is 15.0 Å². The minimum atomic E-state index is -0.731. The van der Waals surface area contributed by atoms with Crippen LogP contribution in [0.25, 0.3) is 11.3 Å². The van der Waals surface area contributed by atoms with Crippen LogP contribution in [0, 0.1) is 16.7 Å². The molecule has 0 radical (unpaired) electrons. The number of esters is 1. The fourth-order valence-corrected chi connectivity index (χ4v) is 2.55. The monoisotopic (exact) mass is 382 g/mol. The molecule has 0 saturated heterocycles. The number of nitriles is 1. The number of hydrogen-bond acceptors (Lipinski definition) is 7. The van der Waals surface area contributed by atoms with Gasteiger partial charge in [-0.2, -0.15) is 5.26 Å². The Bertz CT molecular complexity index is 830. The lowest BCUT2D eigenvalue weighted by Gasteiger charge is -2.32. The summed E-state index contributed by atoms with van der Waals surface area (Å²) in [5.41, 5.74) is 0.430. The fourth-order valence-electron chi connectivity index (χ4n) is 2.55. The summed E-state index contributed by atoms with van der Waals surface area (Å²) in [5, 5.41) is 8.81. The van der Waals surface area contributed by atoms with Crippen molar-refractivity contribution in [3.63, 3.8) is 0 Å². The Balaban J connectivity index is 2.09. The molecular formula is C21H26N4O3. The molecule has 0 aliphatic carbocycles. The third-order valence-electron chi connectivity index (χ3n) is 4.48. The average Bonchev–Trinajstić information content (AvgIpc) is 2.68. The van der Waals surface area contributed by atoms with Gasteiger partial charge in [0, 0.05) is 11.8 Å². The normalized spacial score (nSPS) is 11.6. The molecular weight excluding hydrogens is 356 g/mol. The van der Waals surface area contributed by atoms with E-state index in [0.717, 1.165) is 5.56 Å². The molecule has 0 spiro atoms.